The van der Waals surface area contributed by atoms with E-state index in [1.165, 1.54) is 0 Å². The summed E-state index contributed by atoms with van der Waals surface area (Å²) < 4.78 is 5.11. The normalized spacial score (nSPS) is 16.0. The molecule has 0 bridgehead atoms. The number of imide groups is 1. The van der Waals surface area contributed by atoms with Crippen LogP contribution in [-0.2, 0) is 22.6 Å². The summed E-state index contributed by atoms with van der Waals surface area (Å²) in [5.41, 5.74) is 1.71. The molecule has 2 N–H and O–H groups in total. The van der Waals surface area contributed by atoms with E-state index < -0.39 is 12.1 Å². The van der Waals surface area contributed by atoms with Crippen molar-refractivity contribution in [3.63, 3.8) is 0 Å². The van der Waals surface area contributed by atoms with Crippen molar-refractivity contribution in [1.82, 2.24) is 20.5 Å². The van der Waals surface area contributed by atoms with Gasteiger partial charge in [0.1, 0.15) is 11.8 Å². The van der Waals surface area contributed by atoms with Crippen molar-refractivity contribution >= 4 is 17.8 Å². The lowest BCUT2D eigenvalue weighted by Crippen LogP contribution is -2.36. The molecule has 0 radical (unpaired) electrons. The third-order valence-electron chi connectivity index (χ3n) is 4.47. The molecule has 3 rings (SSSR count). The van der Waals surface area contributed by atoms with Crippen LogP contribution in [0.5, 0.6) is 5.75 Å². The Balaban J connectivity index is 1.48. The summed E-state index contributed by atoms with van der Waals surface area (Å²) in [6, 6.07) is 11.5. The topological polar surface area (TPSA) is 101 Å². The van der Waals surface area contributed by atoms with Crippen molar-refractivity contribution in [2.75, 3.05) is 13.7 Å². The number of carbonyl (C=O) groups excluding carboxylic acids is 3. The minimum Gasteiger partial charge on any atom is -0.497 e. The molecular formula is C20H22N4O4. The van der Waals surface area contributed by atoms with E-state index >= 15 is 0 Å². The summed E-state index contributed by atoms with van der Waals surface area (Å²) in [6.07, 6.45) is 2.07. The number of nitrogens with zero attached hydrogens (tertiary/aromatic N) is 2. The monoisotopic (exact) mass is 382 g/mol. The molecule has 1 atom stereocenters. The second kappa shape index (κ2) is 8.98. The summed E-state index contributed by atoms with van der Waals surface area (Å²) >= 11 is 0. The van der Waals surface area contributed by atoms with Crippen molar-refractivity contribution in [2.24, 2.45) is 0 Å². The molecule has 2 aromatic rings. The fraction of sp³-hybridized carbons (Fsp3) is 0.300. The Hall–Kier alpha value is -3.42. The van der Waals surface area contributed by atoms with Gasteiger partial charge < -0.3 is 15.4 Å². The number of aromatic nitrogens is 1. The lowest BCUT2D eigenvalue weighted by atomic mass is 10.1. The fourth-order valence-corrected chi connectivity index (χ4v) is 2.91. The molecule has 0 saturated carbocycles. The maximum Gasteiger partial charge on any atom is 0.324 e. The minimum absolute atomic E-state index is 0.101. The molecule has 0 aliphatic carbocycles. The highest BCUT2D eigenvalue weighted by molar-refractivity contribution is 6.05. The van der Waals surface area contributed by atoms with Crippen molar-refractivity contribution in [1.29, 1.82) is 0 Å². The zero-order valence-corrected chi connectivity index (χ0v) is 15.6. The maximum absolute atomic E-state index is 12.5. The van der Waals surface area contributed by atoms with Gasteiger partial charge in [-0.25, -0.2) is 4.79 Å². The van der Waals surface area contributed by atoms with E-state index in [1.807, 2.05) is 30.3 Å². The SMILES string of the molecule is COc1ccc(CCN2C(=O)N[C@H](CC(=O)NCc3ccccn3)C2=O)cc1. The number of rotatable bonds is 8. The van der Waals surface area contributed by atoms with Crippen LogP contribution >= 0.6 is 0 Å². The van der Waals surface area contributed by atoms with Crippen LogP contribution in [0.25, 0.3) is 0 Å². The van der Waals surface area contributed by atoms with Gasteiger partial charge in [-0.2, -0.15) is 0 Å². The van der Waals surface area contributed by atoms with Gasteiger partial charge in [-0.1, -0.05) is 18.2 Å². The van der Waals surface area contributed by atoms with Gasteiger partial charge in [0.2, 0.25) is 5.91 Å². The van der Waals surface area contributed by atoms with Gasteiger partial charge in [-0.15, -0.1) is 0 Å². The second-order valence-corrected chi connectivity index (χ2v) is 6.39. The Morgan fingerprint density at radius 3 is 2.68 bits per heavy atom. The summed E-state index contributed by atoms with van der Waals surface area (Å²) in [7, 11) is 1.59. The number of pyridine rings is 1. The van der Waals surface area contributed by atoms with Gasteiger partial charge in [0.15, 0.2) is 0 Å². The number of hydrogen-bond acceptors (Lipinski definition) is 5. The smallest absolute Gasteiger partial charge is 0.324 e. The highest BCUT2D eigenvalue weighted by Gasteiger charge is 2.38. The molecule has 1 fully saturated rings. The molecule has 0 unspecified atom stereocenters. The number of urea groups is 1. The quantitative estimate of drug-likeness (QED) is 0.670. The zero-order valence-electron chi connectivity index (χ0n) is 15.6. The molecule has 8 heteroatoms. The van der Waals surface area contributed by atoms with Crippen LogP contribution in [0.4, 0.5) is 4.79 Å². The van der Waals surface area contributed by atoms with E-state index in [0.717, 1.165) is 21.9 Å². The van der Waals surface area contributed by atoms with Crippen LogP contribution in [0, 0.1) is 0 Å². The lowest BCUT2D eigenvalue weighted by molar-refractivity contribution is -0.130. The Kier molecular flexibility index (Phi) is 6.21. The summed E-state index contributed by atoms with van der Waals surface area (Å²) in [6.45, 7) is 0.527. The molecule has 0 spiro atoms. The molecule has 1 aromatic carbocycles. The average molecular weight is 382 g/mol. The molecule has 1 aliphatic rings. The standard InChI is InChI=1S/C20H22N4O4/c1-28-16-7-5-14(6-8-16)9-11-24-19(26)17(23-20(24)27)12-18(25)22-13-15-4-2-3-10-21-15/h2-8,10,17H,9,11-13H2,1H3,(H,22,25)(H,23,27)/t17-/m1/s1. The van der Waals surface area contributed by atoms with Crippen molar-refractivity contribution < 1.29 is 19.1 Å². The number of amides is 4. The van der Waals surface area contributed by atoms with E-state index in [2.05, 4.69) is 15.6 Å². The molecule has 28 heavy (non-hydrogen) atoms. The van der Waals surface area contributed by atoms with E-state index in [0.29, 0.717) is 6.42 Å². The van der Waals surface area contributed by atoms with Gasteiger partial charge in [-0.05, 0) is 36.2 Å². The highest BCUT2D eigenvalue weighted by atomic mass is 16.5. The van der Waals surface area contributed by atoms with Gasteiger partial charge in [0.05, 0.1) is 25.8 Å². The number of carbonyl (C=O) groups is 3. The van der Waals surface area contributed by atoms with Crippen LogP contribution in [0.3, 0.4) is 0 Å². The minimum atomic E-state index is -0.841. The number of methoxy groups -OCH3 is 1. The third kappa shape index (κ3) is 4.85. The number of ether oxygens (including phenoxy) is 1. The molecule has 1 saturated heterocycles. The van der Waals surface area contributed by atoms with Gasteiger partial charge in [0.25, 0.3) is 5.91 Å². The molecule has 146 valence electrons. The first-order valence-electron chi connectivity index (χ1n) is 8.98. The van der Waals surface area contributed by atoms with Crippen LogP contribution in [0.15, 0.2) is 48.7 Å². The van der Waals surface area contributed by atoms with Crippen LogP contribution in [-0.4, -0.2) is 47.4 Å². The maximum atomic E-state index is 12.5. The van der Waals surface area contributed by atoms with E-state index in [4.69, 9.17) is 4.74 Å². The first-order chi connectivity index (χ1) is 13.6. The Morgan fingerprint density at radius 1 is 1.21 bits per heavy atom. The van der Waals surface area contributed by atoms with Crippen molar-refractivity contribution in [3.8, 4) is 5.75 Å². The molecule has 4 amide bonds. The van der Waals surface area contributed by atoms with Gasteiger partial charge >= 0.3 is 6.03 Å². The molecular weight excluding hydrogens is 360 g/mol. The van der Waals surface area contributed by atoms with Crippen LogP contribution in [0.2, 0.25) is 0 Å². The van der Waals surface area contributed by atoms with Crippen molar-refractivity contribution in [2.45, 2.75) is 25.4 Å². The predicted molar refractivity (Wildman–Crippen MR) is 101 cm³/mol. The summed E-state index contributed by atoms with van der Waals surface area (Å²) in [5.74, 6) is 0.0447. The molecule has 2 heterocycles. The molecule has 1 aliphatic heterocycles. The van der Waals surface area contributed by atoms with Gasteiger partial charge in [-0.3, -0.25) is 19.5 Å². The first kappa shape index (κ1) is 19.3. The summed E-state index contributed by atoms with van der Waals surface area (Å²) in [4.78, 5) is 42.0. The number of nitrogens with one attached hydrogen (secondary N) is 2. The average Bonchev–Trinajstić information content (AvgIpc) is 2.98. The first-order valence-corrected chi connectivity index (χ1v) is 8.98. The molecule has 8 nitrogen and oxygen atoms in total. The third-order valence-corrected chi connectivity index (χ3v) is 4.47. The fourth-order valence-electron chi connectivity index (χ4n) is 2.91. The Morgan fingerprint density at radius 2 is 2.00 bits per heavy atom. The van der Waals surface area contributed by atoms with E-state index in [9.17, 15) is 14.4 Å². The highest BCUT2D eigenvalue weighted by Crippen LogP contribution is 2.14. The van der Waals surface area contributed by atoms with Crippen LogP contribution < -0.4 is 15.4 Å². The number of hydrogen-bond donors (Lipinski definition) is 2. The summed E-state index contributed by atoms with van der Waals surface area (Å²) in [5, 5.41) is 5.29. The predicted octanol–water partition coefficient (Wildman–Crippen LogP) is 1.26. The van der Waals surface area contributed by atoms with E-state index in [-0.39, 0.29) is 31.3 Å². The van der Waals surface area contributed by atoms with E-state index in [1.54, 1.807) is 25.4 Å². The Labute approximate surface area is 162 Å². The van der Waals surface area contributed by atoms with Crippen molar-refractivity contribution in [3.05, 3.63) is 59.9 Å². The molecule has 1 aromatic heterocycles. The Bertz CT molecular complexity index is 839. The van der Waals surface area contributed by atoms with Crippen LogP contribution in [0.1, 0.15) is 17.7 Å². The van der Waals surface area contributed by atoms with Gasteiger partial charge in [0, 0.05) is 12.7 Å². The largest absolute Gasteiger partial charge is 0.497 e. The number of benzene rings is 1. The zero-order chi connectivity index (χ0) is 19.9. The second-order valence-electron chi connectivity index (χ2n) is 6.39. The lowest BCUT2D eigenvalue weighted by Gasteiger charge is -2.13.